The van der Waals surface area contributed by atoms with Gasteiger partial charge in [-0.1, -0.05) is 18.2 Å². The van der Waals surface area contributed by atoms with Crippen LogP contribution in [0.25, 0.3) is 16.4 Å². The van der Waals surface area contributed by atoms with Crippen LogP contribution in [-0.2, 0) is 0 Å². The van der Waals surface area contributed by atoms with Crippen molar-refractivity contribution in [3.8, 4) is 16.4 Å². The van der Waals surface area contributed by atoms with Gasteiger partial charge in [-0.25, -0.2) is 0 Å². The van der Waals surface area contributed by atoms with Gasteiger partial charge in [-0.15, -0.1) is 21.5 Å². The summed E-state index contributed by atoms with van der Waals surface area (Å²) < 4.78 is 27.4. The number of halogens is 2. The molecule has 0 fully saturated rings. The topological polar surface area (TPSA) is 30.7 Å². The van der Waals surface area contributed by atoms with Crippen LogP contribution in [-0.4, -0.2) is 20.5 Å². The monoisotopic (exact) mass is 337 g/mol. The van der Waals surface area contributed by atoms with Crippen molar-refractivity contribution in [2.75, 3.05) is 0 Å². The van der Waals surface area contributed by atoms with Crippen LogP contribution >= 0.6 is 23.1 Å². The number of thiophene rings is 1. The van der Waals surface area contributed by atoms with Crippen LogP contribution in [0, 0.1) is 13.8 Å². The Morgan fingerprint density at radius 2 is 1.95 bits per heavy atom. The second-order valence-electron chi connectivity index (χ2n) is 4.72. The predicted molar refractivity (Wildman–Crippen MR) is 86.0 cm³/mol. The van der Waals surface area contributed by atoms with E-state index in [0.29, 0.717) is 17.6 Å². The Kier molecular flexibility index (Phi) is 4.26. The molecular formula is C15H13F2N3S2. The molecule has 3 aromatic rings. The van der Waals surface area contributed by atoms with E-state index in [4.69, 9.17) is 0 Å². The molecule has 0 N–H and O–H groups in total. The first kappa shape index (κ1) is 15.2. The van der Waals surface area contributed by atoms with Crippen LogP contribution in [0.15, 0.2) is 40.9 Å². The molecule has 22 heavy (non-hydrogen) atoms. The van der Waals surface area contributed by atoms with Gasteiger partial charge in [-0.2, -0.15) is 8.78 Å². The third kappa shape index (κ3) is 2.78. The Bertz CT molecular complexity index is 782. The number of rotatable bonds is 4. The fourth-order valence-electron chi connectivity index (χ4n) is 2.19. The highest BCUT2D eigenvalue weighted by Gasteiger charge is 2.21. The first-order valence-corrected chi connectivity index (χ1v) is 8.34. The van der Waals surface area contributed by atoms with Crippen LogP contribution in [0.3, 0.4) is 0 Å². The molecule has 3 nitrogen and oxygen atoms in total. The quantitative estimate of drug-likeness (QED) is 0.633. The summed E-state index contributed by atoms with van der Waals surface area (Å²) in [5, 5.41) is 10.2. The number of benzene rings is 1. The lowest BCUT2D eigenvalue weighted by molar-refractivity contribution is 0.251. The zero-order valence-electron chi connectivity index (χ0n) is 12.0. The first-order valence-electron chi connectivity index (χ1n) is 6.58. The standard InChI is InChI=1S/C15H13F2N3S2/c1-9-5-3-6-11(10(9)2)20-13(12-7-4-8-21-12)18-19-15(20)22-14(16)17/h3-8,14H,1-2H3. The molecule has 2 heterocycles. The molecule has 0 spiro atoms. The predicted octanol–water partition coefficient (Wildman–Crippen LogP) is 4.93. The minimum absolute atomic E-state index is 0.201. The van der Waals surface area contributed by atoms with E-state index in [1.54, 1.807) is 4.57 Å². The van der Waals surface area contributed by atoms with Gasteiger partial charge in [-0.05, 0) is 54.2 Å². The van der Waals surface area contributed by atoms with Gasteiger partial charge >= 0.3 is 0 Å². The molecule has 0 aliphatic rings. The second kappa shape index (κ2) is 6.18. The van der Waals surface area contributed by atoms with Crippen LogP contribution in [0.4, 0.5) is 8.78 Å². The van der Waals surface area contributed by atoms with Crippen molar-refractivity contribution in [3.05, 3.63) is 46.8 Å². The van der Waals surface area contributed by atoms with E-state index in [1.165, 1.54) is 11.3 Å². The van der Waals surface area contributed by atoms with E-state index >= 15 is 0 Å². The Hall–Kier alpha value is -1.73. The minimum atomic E-state index is -2.54. The van der Waals surface area contributed by atoms with Crippen molar-refractivity contribution < 1.29 is 8.78 Å². The van der Waals surface area contributed by atoms with Crippen LogP contribution in [0.1, 0.15) is 11.1 Å². The zero-order valence-corrected chi connectivity index (χ0v) is 13.6. The van der Waals surface area contributed by atoms with Crippen LogP contribution in [0.5, 0.6) is 0 Å². The van der Waals surface area contributed by atoms with Crippen LogP contribution in [0.2, 0.25) is 0 Å². The maximum atomic E-state index is 12.8. The van der Waals surface area contributed by atoms with Gasteiger partial charge in [0, 0.05) is 0 Å². The molecule has 0 saturated heterocycles. The van der Waals surface area contributed by atoms with Gasteiger partial charge in [-0.3, -0.25) is 4.57 Å². The van der Waals surface area contributed by atoms with Crippen molar-refractivity contribution in [2.24, 2.45) is 0 Å². The largest absolute Gasteiger partial charge is 0.291 e. The van der Waals surface area contributed by atoms with E-state index in [-0.39, 0.29) is 5.16 Å². The Morgan fingerprint density at radius 3 is 2.64 bits per heavy atom. The molecule has 2 aromatic heterocycles. The van der Waals surface area contributed by atoms with E-state index < -0.39 is 5.76 Å². The van der Waals surface area contributed by atoms with E-state index in [0.717, 1.165) is 21.7 Å². The molecule has 114 valence electrons. The smallest absolute Gasteiger partial charge is 0.269 e. The summed E-state index contributed by atoms with van der Waals surface area (Å²) >= 11 is 1.92. The Balaban J connectivity index is 2.22. The van der Waals surface area contributed by atoms with E-state index in [9.17, 15) is 8.78 Å². The van der Waals surface area contributed by atoms with Gasteiger partial charge < -0.3 is 0 Å². The van der Waals surface area contributed by atoms with Gasteiger partial charge in [0.1, 0.15) is 0 Å². The highest BCUT2D eigenvalue weighted by atomic mass is 32.2. The average Bonchev–Trinajstić information content (AvgIpc) is 3.10. The Labute approximate surface area is 135 Å². The summed E-state index contributed by atoms with van der Waals surface area (Å²) in [6.07, 6.45) is 0. The van der Waals surface area contributed by atoms with Crippen molar-refractivity contribution in [3.63, 3.8) is 0 Å². The van der Waals surface area contributed by atoms with Gasteiger partial charge in [0.2, 0.25) is 5.16 Å². The molecule has 0 saturated carbocycles. The van der Waals surface area contributed by atoms with Crippen molar-refractivity contribution in [2.45, 2.75) is 24.8 Å². The zero-order chi connectivity index (χ0) is 15.7. The van der Waals surface area contributed by atoms with Crippen molar-refractivity contribution in [1.82, 2.24) is 14.8 Å². The van der Waals surface area contributed by atoms with Crippen molar-refractivity contribution >= 4 is 23.1 Å². The summed E-state index contributed by atoms with van der Waals surface area (Å²) in [7, 11) is 0. The number of thioether (sulfide) groups is 1. The van der Waals surface area contributed by atoms with Gasteiger partial charge in [0.15, 0.2) is 5.82 Å². The molecular weight excluding hydrogens is 324 g/mol. The van der Waals surface area contributed by atoms with Crippen molar-refractivity contribution in [1.29, 1.82) is 0 Å². The summed E-state index contributed by atoms with van der Waals surface area (Å²) in [5.41, 5.74) is 2.95. The highest BCUT2D eigenvalue weighted by molar-refractivity contribution is 7.99. The van der Waals surface area contributed by atoms with E-state index in [2.05, 4.69) is 10.2 Å². The number of hydrogen-bond donors (Lipinski definition) is 0. The lowest BCUT2D eigenvalue weighted by Crippen LogP contribution is -2.03. The molecule has 3 rings (SSSR count). The molecule has 0 aliphatic heterocycles. The fraction of sp³-hybridized carbons (Fsp3) is 0.200. The lowest BCUT2D eigenvalue weighted by atomic mass is 10.1. The van der Waals surface area contributed by atoms with Gasteiger partial charge in [0.05, 0.1) is 10.6 Å². The SMILES string of the molecule is Cc1cccc(-n2c(SC(F)F)nnc2-c2cccs2)c1C. The summed E-state index contributed by atoms with van der Waals surface area (Å²) in [6, 6.07) is 9.62. The molecule has 0 unspecified atom stereocenters. The lowest BCUT2D eigenvalue weighted by Gasteiger charge is -2.13. The third-order valence-electron chi connectivity index (χ3n) is 3.39. The van der Waals surface area contributed by atoms with Crippen LogP contribution < -0.4 is 0 Å². The fourth-order valence-corrected chi connectivity index (χ4v) is 3.42. The molecule has 0 aliphatic carbocycles. The summed E-state index contributed by atoms with van der Waals surface area (Å²) in [6.45, 7) is 3.97. The van der Waals surface area contributed by atoms with Gasteiger partial charge in [0.25, 0.3) is 5.76 Å². The maximum absolute atomic E-state index is 12.8. The average molecular weight is 337 g/mol. The molecule has 1 aromatic carbocycles. The molecule has 0 amide bonds. The number of aromatic nitrogens is 3. The third-order valence-corrected chi connectivity index (χ3v) is 4.91. The molecule has 0 radical (unpaired) electrons. The minimum Gasteiger partial charge on any atom is -0.269 e. The summed E-state index contributed by atoms with van der Waals surface area (Å²) in [4.78, 5) is 0.898. The molecule has 0 bridgehead atoms. The molecule has 0 atom stereocenters. The highest BCUT2D eigenvalue weighted by Crippen LogP contribution is 2.34. The number of aryl methyl sites for hydroxylation is 1. The number of alkyl halides is 2. The molecule has 7 heteroatoms. The second-order valence-corrected chi connectivity index (χ2v) is 6.62. The summed E-state index contributed by atoms with van der Waals surface area (Å²) in [5.74, 6) is -1.95. The normalized spacial score (nSPS) is 11.3. The first-order chi connectivity index (χ1) is 10.6. The Morgan fingerprint density at radius 1 is 1.14 bits per heavy atom. The number of nitrogens with zero attached hydrogens (tertiary/aromatic N) is 3. The number of hydrogen-bond acceptors (Lipinski definition) is 4. The van der Waals surface area contributed by atoms with E-state index in [1.807, 2.05) is 49.6 Å². The maximum Gasteiger partial charge on any atom is 0.291 e.